The Hall–Kier alpha value is -2.51. The summed E-state index contributed by atoms with van der Waals surface area (Å²) in [6.07, 6.45) is 2.89. The van der Waals surface area contributed by atoms with Gasteiger partial charge in [-0.1, -0.05) is 34.9 Å². The second-order valence-corrected chi connectivity index (χ2v) is 5.75. The minimum Gasteiger partial charge on any atom is -0.484 e. The molecule has 132 valence electrons. The molecule has 2 aromatic rings. The number of ether oxygens (including phenoxy) is 1. The summed E-state index contributed by atoms with van der Waals surface area (Å²) >= 11 is 11.7. The van der Waals surface area contributed by atoms with Crippen molar-refractivity contribution in [3.63, 3.8) is 0 Å². The molecule has 2 N–H and O–H groups in total. The maximum Gasteiger partial charge on any atom is 0.260 e. The van der Waals surface area contributed by atoms with E-state index < -0.39 is 0 Å². The van der Waals surface area contributed by atoms with Crippen LogP contribution in [0.15, 0.2) is 47.5 Å². The first-order valence-electron chi connectivity index (χ1n) is 7.19. The topological polar surface area (TPSA) is 93.5 Å². The summed E-state index contributed by atoms with van der Waals surface area (Å²) in [6, 6.07) is 4.72. The minimum absolute atomic E-state index is 0.169. The molecule has 0 fully saturated rings. The molecule has 1 aromatic heterocycles. The van der Waals surface area contributed by atoms with Crippen LogP contribution < -0.4 is 15.4 Å². The van der Waals surface area contributed by atoms with Gasteiger partial charge in [-0.05, 0) is 12.1 Å². The van der Waals surface area contributed by atoms with E-state index in [-0.39, 0.29) is 18.4 Å². The Bertz CT molecular complexity index is 763. The van der Waals surface area contributed by atoms with Gasteiger partial charge in [0.2, 0.25) is 0 Å². The number of benzene rings is 1. The van der Waals surface area contributed by atoms with Crippen molar-refractivity contribution in [1.82, 2.24) is 15.8 Å². The lowest BCUT2D eigenvalue weighted by Gasteiger charge is -2.10. The average molecular weight is 384 g/mol. The minimum atomic E-state index is -0.375. The van der Waals surface area contributed by atoms with Crippen molar-refractivity contribution < 1.29 is 18.8 Å². The Labute approximate surface area is 153 Å². The fraction of sp³-hybridized carbons (Fsp3) is 0.188. The lowest BCUT2D eigenvalue weighted by atomic mass is 10.3. The van der Waals surface area contributed by atoms with Gasteiger partial charge in [-0.2, -0.15) is 0 Å². The van der Waals surface area contributed by atoms with Gasteiger partial charge >= 0.3 is 0 Å². The van der Waals surface area contributed by atoms with Gasteiger partial charge in [0, 0.05) is 24.7 Å². The van der Waals surface area contributed by atoms with E-state index in [1.807, 2.05) is 0 Å². The third kappa shape index (κ3) is 6.13. The molecule has 7 nitrogen and oxygen atoms in total. The predicted molar refractivity (Wildman–Crippen MR) is 92.7 cm³/mol. The molecule has 0 saturated carbocycles. The standard InChI is InChI=1S/C16H15Cl2N3O4/c1-10(21-16(23)11-7-20-25-8-11)4-5-19-15(22)9-24-12-2-3-13(17)14(18)6-12/h2-3,6-8H,1,4-5,9H2,(H,19,22)(H,21,23). The van der Waals surface area contributed by atoms with Gasteiger partial charge in [-0.15, -0.1) is 0 Å². The van der Waals surface area contributed by atoms with Crippen LogP contribution in [0.5, 0.6) is 5.75 Å². The smallest absolute Gasteiger partial charge is 0.260 e. The molecule has 1 aromatic carbocycles. The van der Waals surface area contributed by atoms with Gasteiger partial charge in [0.15, 0.2) is 6.61 Å². The summed E-state index contributed by atoms with van der Waals surface area (Å²) in [5.41, 5.74) is 0.747. The maximum absolute atomic E-state index is 11.7. The highest BCUT2D eigenvalue weighted by molar-refractivity contribution is 6.42. The number of nitrogens with one attached hydrogen (secondary N) is 2. The first-order chi connectivity index (χ1) is 12.0. The highest BCUT2D eigenvalue weighted by Crippen LogP contribution is 2.26. The molecular weight excluding hydrogens is 369 g/mol. The Kier molecular flexibility index (Phi) is 6.85. The lowest BCUT2D eigenvalue weighted by molar-refractivity contribution is -0.123. The fourth-order valence-electron chi connectivity index (χ4n) is 1.73. The van der Waals surface area contributed by atoms with E-state index in [0.29, 0.717) is 40.0 Å². The zero-order valence-corrected chi connectivity index (χ0v) is 14.6. The van der Waals surface area contributed by atoms with Crippen LogP contribution >= 0.6 is 23.2 Å². The molecule has 0 atom stereocenters. The number of rotatable bonds is 8. The second-order valence-electron chi connectivity index (χ2n) is 4.94. The maximum atomic E-state index is 11.7. The Morgan fingerprint density at radius 1 is 1.28 bits per heavy atom. The van der Waals surface area contributed by atoms with Crippen LogP contribution in [0.4, 0.5) is 0 Å². The molecule has 0 saturated heterocycles. The van der Waals surface area contributed by atoms with Crippen molar-refractivity contribution in [2.75, 3.05) is 13.2 Å². The van der Waals surface area contributed by atoms with Gasteiger partial charge in [0.1, 0.15) is 12.0 Å². The van der Waals surface area contributed by atoms with Crippen LogP contribution in [0.25, 0.3) is 0 Å². The number of hydrogen-bond acceptors (Lipinski definition) is 5. The molecule has 0 bridgehead atoms. The summed E-state index contributed by atoms with van der Waals surface area (Å²) in [5.74, 6) is -0.250. The number of aromatic nitrogens is 1. The van der Waals surface area contributed by atoms with Crippen molar-refractivity contribution in [1.29, 1.82) is 0 Å². The summed E-state index contributed by atoms with van der Waals surface area (Å²) < 4.78 is 9.89. The Morgan fingerprint density at radius 2 is 2.08 bits per heavy atom. The van der Waals surface area contributed by atoms with Crippen molar-refractivity contribution in [3.8, 4) is 5.75 Å². The molecule has 0 aliphatic rings. The molecular formula is C16H15Cl2N3O4. The zero-order valence-electron chi connectivity index (χ0n) is 13.1. The molecule has 0 aliphatic heterocycles. The summed E-state index contributed by atoms with van der Waals surface area (Å²) in [4.78, 5) is 23.5. The van der Waals surface area contributed by atoms with Crippen LogP contribution in [0, 0.1) is 0 Å². The SMILES string of the molecule is C=C(CCNC(=O)COc1ccc(Cl)c(Cl)c1)NC(=O)c1cnoc1. The quantitative estimate of drug-likeness (QED) is 0.730. The number of halogens is 2. The van der Waals surface area contributed by atoms with E-state index in [1.54, 1.807) is 12.1 Å². The molecule has 0 unspecified atom stereocenters. The molecule has 2 amide bonds. The summed E-state index contributed by atoms with van der Waals surface area (Å²) in [5, 5.41) is 9.43. The monoisotopic (exact) mass is 383 g/mol. The molecule has 1 heterocycles. The third-order valence-electron chi connectivity index (χ3n) is 2.99. The number of hydrogen-bond donors (Lipinski definition) is 2. The highest BCUT2D eigenvalue weighted by Gasteiger charge is 2.09. The average Bonchev–Trinajstić information content (AvgIpc) is 3.10. The van der Waals surface area contributed by atoms with E-state index in [1.165, 1.54) is 18.5 Å². The summed E-state index contributed by atoms with van der Waals surface area (Å²) in [6.45, 7) is 3.85. The van der Waals surface area contributed by atoms with Gasteiger partial charge in [0.25, 0.3) is 11.8 Å². The van der Waals surface area contributed by atoms with E-state index in [9.17, 15) is 9.59 Å². The normalized spacial score (nSPS) is 10.2. The number of carbonyl (C=O) groups excluding carboxylic acids is 2. The van der Waals surface area contributed by atoms with Crippen LogP contribution in [0.3, 0.4) is 0 Å². The first kappa shape index (κ1) is 18.8. The number of nitrogens with zero attached hydrogens (tertiary/aromatic N) is 1. The zero-order chi connectivity index (χ0) is 18.2. The van der Waals surface area contributed by atoms with E-state index in [4.69, 9.17) is 27.9 Å². The number of carbonyl (C=O) groups is 2. The number of amides is 2. The predicted octanol–water partition coefficient (Wildman–Crippen LogP) is 2.81. The van der Waals surface area contributed by atoms with Crippen molar-refractivity contribution in [2.24, 2.45) is 0 Å². The van der Waals surface area contributed by atoms with Gasteiger partial charge in [0.05, 0.1) is 21.8 Å². The Balaban J connectivity index is 1.65. The first-order valence-corrected chi connectivity index (χ1v) is 7.94. The van der Waals surface area contributed by atoms with E-state index >= 15 is 0 Å². The lowest BCUT2D eigenvalue weighted by Crippen LogP contribution is -2.31. The highest BCUT2D eigenvalue weighted by atomic mass is 35.5. The molecule has 9 heteroatoms. The second kappa shape index (κ2) is 9.10. The molecule has 25 heavy (non-hydrogen) atoms. The van der Waals surface area contributed by atoms with Crippen molar-refractivity contribution in [2.45, 2.75) is 6.42 Å². The Morgan fingerprint density at radius 3 is 2.76 bits per heavy atom. The van der Waals surface area contributed by atoms with E-state index in [0.717, 1.165) is 0 Å². The molecule has 0 aliphatic carbocycles. The van der Waals surface area contributed by atoms with Gasteiger partial charge < -0.3 is 19.9 Å². The van der Waals surface area contributed by atoms with Gasteiger partial charge in [-0.3, -0.25) is 9.59 Å². The third-order valence-corrected chi connectivity index (χ3v) is 3.73. The van der Waals surface area contributed by atoms with Crippen LogP contribution in [0.1, 0.15) is 16.8 Å². The van der Waals surface area contributed by atoms with Crippen molar-refractivity contribution in [3.05, 3.63) is 58.5 Å². The summed E-state index contributed by atoms with van der Waals surface area (Å²) in [7, 11) is 0. The van der Waals surface area contributed by atoms with Crippen LogP contribution in [-0.2, 0) is 4.79 Å². The van der Waals surface area contributed by atoms with Gasteiger partial charge in [-0.25, -0.2) is 0 Å². The molecule has 0 spiro atoms. The van der Waals surface area contributed by atoms with E-state index in [2.05, 4.69) is 26.9 Å². The fourth-order valence-corrected chi connectivity index (χ4v) is 2.02. The largest absolute Gasteiger partial charge is 0.484 e. The molecule has 0 radical (unpaired) electrons. The van der Waals surface area contributed by atoms with Crippen LogP contribution in [0.2, 0.25) is 10.0 Å². The molecule has 2 rings (SSSR count). The van der Waals surface area contributed by atoms with Crippen molar-refractivity contribution >= 4 is 35.0 Å². The van der Waals surface area contributed by atoms with Crippen LogP contribution in [-0.4, -0.2) is 30.1 Å².